The summed E-state index contributed by atoms with van der Waals surface area (Å²) in [5.41, 5.74) is 0.293. The van der Waals surface area contributed by atoms with Crippen LogP contribution in [0.2, 0.25) is 0 Å². The van der Waals surface area contributed by atoms with Gasteiger partial charge in [-0.25, -0.2) is 4.39 Å². The molecule has 0 aliphatic heterocycles. The van der Waals surface area contributed by atoms with Gasteiger partial charge in [-0.05, 0) is 60.7 Å². The van der Waals surface area contributed by atoms with E-state index in [0.29, 0.717) is 4.47 Å². The van der Waals surface area contributed by atoms with Crippen molar-refractivity contribution in [2.75, 3.05) is 11.0 Å². The van der Waals surface area contributed by atoms with Crippen molar-refractivity contribution in [3.05, 3.63) is 90.2 Å². The Bertz CT molecular complexity index is 1170. The first-order valence-corrected chi connectivity index (χ1v) is 10.4. The second-order valence-electron chi connectivity index (χ2n) is 6.21. The summed E-state index contributed by atoms with van der Waals surface area (Å²) in [5, 5.41) is 10.8. The van der Waals surface area contributed by atoms with Crippen LogP contribution in [0.3, 0.4) is 0 Å². The van der Waals surface area contributed by atoms with Crippen LogP contribution in [0.25, 0.3) is 0 Å². The first-order chi connectivity index (χ1) is 14.8. The van der Waals surface area contributed by atoms with E-state index in [2.05, 4.69) is 5.32 Å². The highest BCUT2D eigenvalue weighted by molar-refractivity contribution is 7.92. The zero-order valence-corrected chi connectivity index (χ0v) is 16.8. The van der Waals surface area contributed by atoms with Crippen LogP contribution in [-0.2, 0) is 14.8 Å². The lowest BCUT2D eigenvalue weighted by molar-refractivity contribution is -0.135. The van der Waals surface area contributed by atoms with Gasteiger partial charge in [0.1, 0.15) is 12.4 Å². The van der Waals surface area contributed by atoms with Crippen molar-refractivity contribution in [2.45, 2.75) is 4.90 Å². The number of benzene rings is 3. The number of anilines is 1. The Morgan fingerprint density at radius 1 is 0.935 bits per heavy atom. The van der Waals surface area contributed by atoms with Crippen molar-refractivity contribution in [3.8, 4) is 5.75 Å². The van der Waals surface area contributed by atoms with E-state index in [1.165, 1.54) is 48.5 Å². The number of amides is 1. The first kappa shape index (κ1) is 21.8. The minimum Gasteiger partial charge on any atom is -0.480 e. The standard InChI is InChI=1S/C21H17FN2O6S/c22-16-8-10-18(11-9-16)30-24(17-4-2-1-3-5-17)31(28,29)19-12-6-15(7-13-19)21(27)23-14-20(25)26/h1-13H,14H2,(H,23,27)(H,25,26). The fourth-order valence-electron chi connectivity index (χ4n) is 2.51. The molecule has 0 spiro atoms. The maximum Gasteiger partial charge on any atom is 0.322 e. The first-order valence-electron chi connectivity index (χ1n) is 8.91. The summed E-state index contributed by atoms with van der Waals surface area (Å²) in [4.78, 5) is 27.9. The Hall–Kier alpha value is -3.92. The number of carboxylic acids is 1. The van der Waals surface area contributed by atoms with E-state index in [1.54, 1.807) is 18.2 Å². The molecule has 31 heavy (non-hydrogen) atoms. The number of hydrogen-bond acceptors (Lipinski definition) is 5. The number of sulfonamides is 1. The van der Waals surface area contributed by atoms with Gasteiger partial charge in [0.15, 0.2) is 5.75 Å². The topological polar surface area (TPSA) is 113 Å². The molecule has 2 N–H and O–H groups in total. The Balaban J connectivity index is 1.91. The molecule has 3 aromatic carbocycles. The lowest BCUT2D eigenvalue weighted by atomic mass is 10.2. The second-order valence-corrected chi connectivity index (χ2v) is 7.97. The van der Waals surface area contributed by atoms with E-state index in [0.717, 1.165) is 12.1 Å². The minimum atomic E-state index is -4.24. The van der Waals surface area contributed by atoms with E-state index in [4.69, 9.17) is 9.94 Å². The minimum absolute atomic E-state index is 0.0888. The SMILES string of the molecule is O=C(O)CNC(=O)c1ccc(S(=O)(=O)N(Oc2ccc(F)cc2)c2ccccc2)cc1. The van der Waals surface area contributed by atoms with E-state index >= 15 is 0 Å². The molecule has 10 heteroatoms. The average molecular weight is 444 g/mol. The van der Waals surface area contributed by atoms with Gasteiger partial charge in [-0.2, -0.15) is 8.42 Å². The van der Waals surface area contributed by atoms with E-state index in [1.807, 2.05) is 0 Å². The molecule has 0 saturated carbocycles. The summed E-state index contributed by atoms with van der Waals surface area (Å²) in [6.45, 7) is -0.563. The smallest absolute Gasteiger partial charge is 0.322 e. The second kappa shape index (κ2) is 9.26. The van der Waals surface area contributed by atoms with Crippen LogP contribution < -0.4 is 14.6 Å². The quantitative estimate of drug-likeness (QED) is 0.517. The van der Waals surface area contributed by atoms with Crippen molar-refractivity contribution >= 4 is 27.6 Å². The molecule has 0 heterocycles. The highest BCUT2D eigenvalue weighted by Crippen LogP contribution is 2.26. The number of halogens is 1. The van der Waals surface area contributed by atoms with Crippen molar-refractivity contribution in [1.82, 2.24) is 5.32 Å². The number of para-hydroxylation sites is 1. The molecule has 3 aromatic rings. The van der Waals surface area contributed by atoms with Crippen molar-refractivity contribution in [3.63, 3.8) is 0 Å². The third kappa shape index (κ3) is 5.37. The van der Waals surface area contributed by atoms with Crippen molar-refractivity contribution in [2.24, 2.45) is 0 Å². The predicted molar refractivity (Wildman–Crippen MR) is 110 cm³/mol. The van der Waals surface area contributed by atoms with Crippen LogP contribution in [0.4, 0.5) is 10.1 Å². The lowest BCUT2D eigenvalue weighted by Crippen LogP contribution is -2.34. The number of carboxylic acid groups (broad SMARTS) is 1. The number of carbonyl (C=O) groups excluding carboxylic acids is 1. The number of rotatable bonds is 8. The Morgan fingerprint density at radius 3 is 2.13 bits per heavy atom. The summed E-state index contributed by atoms with van der Waals surface area (Å²) in [6.07, 6.45) is 0. The summed E-state index contributed by atoms with van der Waals surface area (Å²) >= 11 is 0. The van der Waals surface area contributed by atoms with Gasteiger partial charge in [0, 0.05) is 5.56 Å². The highest BCUT2D eigenvalue weighted by atomic mass is 32.2. The van der Waals surface area contributed by atoms with Gasteiger partial charge < -0.3 is 15.3 Å². The molecule has 3 rings (SSSR count). The van der Waals surface area contributed by atoms with Gasteiger partial charge >= 0.3 is 5.97 Å². The molecule has 0 aliphatic rings. The molecule has 0 unspecified atom stereocenters. The summed E-state index contributed by atoms with van der Waals surface area (Å²) in [5.74, 6) is -2.27. The fourth-order valence-corrected chi connectivity index (χ4v) is 3.77. The van der Waals surface area contributed by atoms with Crippen LogP contribution in [-0.4, -0.2) is 31.9 Å². The molecule has 0 aromatic heterocycles. The Labute approximate surface area is 177 Å². The van der Waals surface area contributed by atoms with Crippen molar-refractivity contribution < 1.29 is 32.3 Å². The maximum atomic E-state index is 13.2. The van der Waals surface area contributed by atoms with Crippen LogP contribution in [0.15, 0.2) is 83.8 Å². The summed E-state index contributed by atoms with van der Waals surface area (Å²) in [7, 11) is -4.24. The number of aliphatic carboxylic acids is 1. The van der Waals surface area contributed by atoms with Gasteiger partial charge in [-0.1, -0.05) is 22.7 Å². The molecule has 0 atom stereocenters. The Morgan fingerprint density at radius 2 is 1.55 bits per heavy atom. The molecule has 0 radical (unpaired) electrons. The third-order valence-electron chi connectivity index (χ3n) is 4.00. The normalized spacial score (nSPS) is 10.9. The van der Waals surface area contributed by atoms with Gasteiger partial charge in [-0.15, -0.1) is 0 Å². The van der Waals surface area contributed by atoms with Crippen LogP contribution in [0, 0.1) is 5.82 Å². The maximum absolute atomic E-state index is 13.2. The molecule has 0 aliphatic carbocycles. The highest BCUT2D eigenvalue weighted by Gasteiger charge is 2.28. The van der Waals surface area contributed by atoms with Gasteiger partial charge in [0.25, 0.3) is 15.9 Å². The van der Waals surface area contributed by atoms with Crippen LogP contribution >= 0.6 is 0 Å². The Kier molecular flexibility index (Phi) is 6.51. The van der Waals surface area contributed by atoms with E-state index in [-0.39, 0.29) is 21.9 Å². The van der Waals surface area contributed by atoms with E-state index in [9.17, 15) is 22.4 Å². The number of carbonyl (C=O) groups is 2. The zero-order valence-electron chi connectivity index (χ0n) is 15.9. The summed E-state index contributed by atoms with van der Waals surface area (Å²) in [6, 6.07) is 17.8. The third-order valence-corrected chi connectivity index (χ3v) is 5.59. The number of hydrogen-bond donors (Lipinski definition) is 2. The molecular weight excluding hydrogens is 427 g/mol. The molecular formula is C21H17FN2O6S. The molecule has 160 valence electrons. The van der Waals surface area contributed by atoms with Crippen LogP contribution in [0.1, 0.15) is 10.4 Å². The number of nitrogens with one attached hydrogen (secondary N) is 1. The predicted octanol–water partition coefficient (Wildman–Crippen LogP) is 2.83. The number of nitrogens with zero attached hydrogens (tertiary/aromatic N) is 1. The van der Waals surface area contributed by atoms with Gasteiger partial charge in [0.2, 0.25) is 0 Å². The monoisotopic (exact) mass is 444 g/mol. The molecule has 1 amide bonds. The lowest BCUT2D eigenvalue weighted by Gasteiger charge is -2.24. The largest absolute Gasteiger partial charge is 0.480 e. The molecule has 0 fully saturated rings. The van der Waals surface area contributed by atoms with Gasteiger partial charge in [0.05, 0.1) is 10.6 Å². The molecule has 8 nitrogen and oxygen atoms in total. The summed E-state index contributed by atoms with van der Waals surface area (Å²) < 4.78 is 40.4. The average Bonchev–Trinajstić information content (AvgIpc) is 2.77. The molecule has 0 bridgehead atoms. The van der Waals surface area contributed by atoms with Gasteiger partial charge in [-0.3, -0.25) is 9.59 Å². The fraction of sp³-hybridized carbons (Fsp3) is 0.0476. The van der Waals surface area contributed by atoms with E-state index < -0.39 is 34.3 Å². The van der Waals surface area contributed by atoms with Crippen molar-refractivity contribution in [1.29, 1.82) is 0 Å². The zero-order chi connectivity index (χ0) is 22.4. The van der Waals surface area contributed by atoms with Crippen LogP contribution in [0.5, 0.6) is 5.75 Å². The molecule has 0 saturated heterocycles.